The van der Waals surface area contributed by atoms with Gasteiger partial charge < -0.3 is 5.32 Å². The van der Waals surface area contributed by atoms with Gasteiger partial charge in [0.25, 0.3) is 5.91 Å². The van der Waals surface area contributed by atoms with E-state index in [4.69, 9.17) is 5.14 Å². The number of carbonyl (C=O) groups is 1. The van der Waals surface area contributed by atoms with Crippen molar-refractivity contribution in [3.63, 3.8) is 0 Å². The van der Waals surface area contributed by atoms with Gasteiger partial charge in [-0.15, -0.1) is 10.2 Å². The van der Waals surface area contributed by atoms with Crippen LogP contribution in [0.25, 0.3) is 0 Å². The summed E-state index contributed by atoms with van der Waals surface area (Å²) in [6.45, 7) is 13.1. The maximum atomic E-state index is 13.4. The van der Waals surface area contributed by atoms with E-state index >= 15 is 0 Å². The van der Waals surface area contributed by atoms with Crippen LogP contribution in [0.1, 0.15) is 91.9 Å². The number of primary sulfonamides is 1. The Morgan fingerprint density at radius 1 is 0.914 bits per heavy atom. The molecule has 0 bridgehead atoms. The summed E-state index contributed by atoms with van der Waals surface area (Å²) < 4.78 is 22.8. The number of hydrogen-bond donors (Lipinski definition) is 3. The summed E-state index contributed by atoms with van der Waals surface area (Å²) in [4.78, 5) is 13.5. The van der Waals surface area contributed by atoms with Crippen molar-refractivity contribution in [3.05, 3.63) is 64.2 Å². The molecule has 0 aliphatic carbocycles. The molecule has 8 nitrogen and oxygen atoms in total. The smallest absolute Gasteiger partial charge is 0.258 e. The van der Waals surface area contributed by atoms with E-state index in [2.05, 4.69) is 74.5 Å². The molecule has 35 heavy (non-hydrogen) atoms. The maximum absolute atomic E-state index is 13.4. The van der Waals surface area contributed by atoms with E-state index in [0.29, 0.717) is 28.3 Å². The summed E-state index contributed by atoms with van der Waals surface area (Å²) in [5.74, 6) is 0.572. The maximum Gasteiger partial charge on any atom is 0.258 e. The van der Waals surface area contributed by atoms with Crippen molar-refractivity contribution in [2.24, 2.45) is 5.14 Å². The van der Waals surface area contributed by atoms with Crippen molar-refractivity contribution in [2.45, 2.75) is 70.7 Å². The van der Waals surface area contributed by atoms with Gasteiger partial charge in [0.2, 0.25) is 20.3 Å². The molecule has 0 spiro atoms. The average molecular weight is 516 g/mol. The first kappa shape index (κ1) is 26.8. The van der Waals surface area contributed by atoms with Crippen molar-refractivity contribution in [2.75, 3.05) is 10.6 Å². The van der Waals surface area contributed by atoms with Gasteiger partial charge in [-0.1, -0.05) is 77.1 Å². The Bertz CT molecular complexity index is 1270. The molecule has 0 unspecified atom stereocenters. The molecule has 1 heterocycles. The molecule has 0 fully saturated rings. The summed E-state index contributed by atoms with van der Waals surface area (Å²) in [6.07, 6.45) is 0. The zero-order chi connectivity index (χ0) is 25.9. The molecule has 0 aliphatic rings. The number of carbonyl (C=O) groups excluding carboxylic acids is 1. The zero-order valence-corrected chi connectivity index (χ0v) is 22.5. The zero-order valence-electron chi connectivity index (χ0n) is 20.9. The Morgan fingerprint density at radius 3 is 1.94 bits per heavy atom. The Labute approximate surface area is 211 Å². The van der Waals surface area contributed by atoms with Crippen molar-refractivity contribution < 1.29 is 13.2 Å². The Kier molecular flexibility index (Phi) is 8.30. The molecule has 0 saturated heterocycles. The van der Waals surface area contributed by atoms with Crippen molar-refractivity contribution >= 4 is 37.5 Å². The molecule has 3 aromatic rings. The van der Waals surface area contributed by atoms with Crippen LogP contribution >= 0.6 is 11.3 Å². The summed E-state index contributed by atoms with van der Waals surface area (Å²) in [5, 5.41) is 20.4. The predicted molar refractivity (Wildman–Crippen MR) is 142 cm³/mol. The van der Waals surface area contributed by atoms with Crippen molar-refractivity contribution in [1.82, 2.24) is 10.2 Å². The minimum Gasteiger partial charge on any atom is -0.356 e. The van der Waals surface area contributed by atoms with Gasteiger partial charge in [-0.25, -0.2) is 13.6 Å². The Balaban J connectivity index is 1.76. The van der Waals surface area contributed by atoms with Crippen LogP contribution in [0.2, 0.25) is 0 Å². The molecule has 0 radical (unpaired) electrons. The number of nitrogens with two attached hydrogens (primary N) is 1. The molecule has 0 aliphatic heterocycles. The van der Waals surface area contributed by atoms with Gasteiger partial charge in [-0.05, 0) is 52.1 Å². The van der Waals surface area contributed by atoms with Gasteiger partial charge in [-0.3, -0.25) is 10.1 Å². The highest BCUT2D eigenvalue weighted by Crippen LogP contribution is 2.33. The molecule has 10 heteroatoms. The number of nitrogens with zero attached hydrogens (tertiary/aromatic N) is 2. The quantitative estimate of drug-likeness (QED) is 0.349. The first-order valence-corrected chi connectivity index (χ1v) is 13.9. The van der Waals surface area contributed by atoms with Crippen LogP contribution in [-0.4, -0.2) is 24.5 Å². The number of sulfonamides is 1. The van der Waals surface area contributed by atoms with Crippen molar-refractivity contribution in [3.8, 4) is 0 Å². The highest BCUT2D eigenvalue weighted by atomic mass is 32.2. The molecule has 4 N–H and O–H groups in total. The first-order chi connectivity index (χ1) is 16.4. The van der Waals surface area contributed by atoms with Crippen LogP contribution in [0.3, 0.4) is 0 Å². The standard InChI is InChI=1S/C25H33N5O3S2/c1-14(2)18-11-20(15(3)4)22(21(12-18)16(5)6)23(31)28-25-30-29-24(34-25)27-13-17-7-9-19(10-8-17)35(26,32)33/h7-12,14-16H,13H2,1-6H3,(H,27,29)(H2,26,32,33)(H,28,30,31). The lowest BCUT2D eigenvalue weighted by Gasteiger charge is -2.22. The first-order valence-electron chi connectivity index (χ1n) is 11.5. The second kappa shape index (κ2) is 10.8. The third kappa shape index (κ3) is 6.65. The lowest BCUT2D eigenvalue weighted by Crippen LogP contribution is -2.19. The second-order valence-electron chi connectivity index (χ2n) is 9.45. The fraction of sp³-hybridized carbons (Fsp3) is 0.400. The second-order valence-corrected chi connectivity index (χ2v) is 12.0. The summed E-state index contributed by atoms with van der Waals surface area (Å²) in [6, 6.07) is 10.6. The van der Waals surface area contributed by atoms with Gasteiger partial charge in [0.05, 0.1) is 4.90 Å². The van der Waals surface area contributed by atoms with Crippen LogP contribution in [0.15, 0.2) is 41.3 Å². The molecule has 0 saturated carbocycles. The van der Waals surface area contributed by atoms with Gasteiger partial charge >= 0.3 is 0 Å². The van der Waals surface area contributed by atoms with Crippen LogP contribution in [-0.2, 0) is 16.6 Å². The molecule has 1 aromatic heterocycles. The van der Waals surface area contributed by atoms with Gasteiger partial charge in [0, 0.05) is 12.1 Å². The minimum atomic E-state index is -3.72. The average Bonchev–Trinajstić information content (AvgIpc) is 3.23. The van der Waals surface area contributed by atoms with Gasteiger partial charge in [0.1, 0.15) is 0 Å². The highest BCUT2D eigenvalue weighted by Gasteiger charge is 2.23. The number of rotatable bonds is 9. The fourth-order valence-corrected chi connectivity index (χ4v) is 4.85. The monoisotopic (exact) mass is 515 g/mol. The summed E-state index contributed by atoms with van der Waals surface area (Å²) in [7, 11) is -3.72. The number of aromatic nitrogens is 2. The fourth-order valence-electron chi connectivity index (χ4n) is 3.70. The minimum absolute atomic E-state index is 0.0603. The van der Waals surface area contributed by atoms with E-state index in [1.165, 1.54) is 29.0 Å². The molecule has 3 rings (SSSR count). The molecular formula is C25H33N5O3S2. The molecule has 1 amide bonds. The van der Waals surface area contributed by atoms with Crippen LogP contribution in [0.5, 0.6) is 0 Å². The SMILES string of the molecule is CC(C)c1cc(C(C)C)c(C(=O)Nc2nnc(NCc3ccc(S(N)(=O)=O)cc3)s2)c(C(C)C)c1. The highest BCUT2D eigenvalue weighted by molar-refractivity contribution is 7.89. The van der Waals surface area contributed by atoms with E-state index in [1.807, 2.05) is 0 Å². The molecule has 188 valence electrons. The van der Waals surface area contributed by atoms with Crippen molar-refractivity contribution in [1.29, 1.82) is 0 Å². The Morgan fingerprint density at radius 2 is 1.46 bits per heavy atom. The number of anilines is 2. The number of benzene rings is 2. The Hall–Kier alpha value is -2.82. The number of hydrogen-bond acceptors (Lipinski definition) is 7. The normalized spacial score (nSPS) is 11.9. The van der Waals surface area contributed by atoms with E-state index in [1.54, 1.807) is 12.1 Å². The molecule has 0 atom stereocenters. The van der Waals surface area contributed by atoms with E-state index < -0.39 is 10.0 Å². The molecule has 2 aromatic carbocycles. The van der Waals surface area contributed by atoms with Crippen LogP contribution in [0, 0.1) is 0 Å². The summed E-state index contributed by atoms with van der Waals surface area (Å²) in [5.41, 5.74) is 4.85. The molecular weight excluding hydrogens is 482 g/mol. The lowest BCUT2D eigenvalue weighted by molar-refractivity contribution is 0.102. The third-order valence-corrected chi connectivity index (χ3v) is 7.43. The van der Waals surface area contributed by atoms with E-state index in [0.717, 1.165) is 16.7 Å². The predicted octanol–water partition coefficient (Wildman–Crippen LogP) is 5.42. The van der Waals surface area contributed by atoms with E-state index in [-0.39, 0.29) is 22.6 Å². The summed E-state index contributed by atoms with van der Waals surface area (Å²) >= 11 is 1.24. The largest absolute Gasteiger partial charge is 0.356 e. The van der Waals surface area contributed by atoms with Gasteiger partial charge in [-0.2, -0.15) is 0 Å². The van der Waals surface area contributed by atoms with E-state index in [9.17, 15) is 13.2 Å². The van der Waals surface area contributed by atoms with Crippen LogP contribution in [0.4, 0.5) is 10.3 Å². The van der Waals surface area contributed by atoms with Crippen LogP contribution < -0.4 is 15.8 Å². The lowest BCUT2D eigenvalue weighted by atomic mass is 9.84. The third-order valence-electron chi connectivity index (χ3n) is 5.70. The van der Waals surface area contributed by atoms with Gasteiger partial charge in [0.15, 0.2) is 0 Å². The number of amides is 1. The number of nitrogens with one attached hydrogen (secondary N) is 2. The topological polar surface area (TPSA) is 127 Å².